The van der Waals surface area contributed by atoms with Crippen LogP contribution >= 0.6 is 15.9 Å². The van der Waals surface area contributed by atoms with E-state index in [0.717, 1.165) is 34.3 Å². The Morgan fingerprint density at radius 2 is 1.78 bits per heavy atom. The largest absolute Gasteiger partial charge is 0.294 e. The standard InChI is InChI=1S/C31H35BrN4O/c1-21(18-31(33-20-30(3,4)35-31)24-15-14-22(2)26(32)17-24)16-28-34-27-13-9-8-12-25(27)29(37)36(28)19-23-10-6-5-7-11-23/h5-15,17,21,33,35H,16,18-20H2,1-4H3. The summed E-state index contributed by atoms with van der Waals surface area (Å²) in [6.45, 7) is 10.2. The molecule has 0 radical (unpaired) electrons. The first-order valence-electron chi connectivity index (χ1n) is 13.0. The first kappa shape index (κ1) is 25.8. The van der Waals surface area contributed by atoms with E-state index in [1.165, 1.54) is 11.1 Å². The summed E-state index contributed by atoms with van der Waals surface area (Å²) < 4.78 is 2.97. The summed E-state index contributed by atoms with van der Waals surface area (Å²) in [5.74, 6) is 1.08. The Labute approximate surface area is 227 Å². The Bertz CT molecular complexity index is 1480. The quantitative estimate of drug-likeness (QED) is 0.296. The number of aryl methyl sites for hydroxylation is 1. The molecule has 2 unspecified atom stereocenters. The van der Waals surface area contributed by atoms with Gasteiger partial charge < -0.3 is 0 Å². The zero-order chi connectivity index (χ0) is 26.2. The highest BCUT2D eigenvalue weighted by Gasteiger charge is 2.44. The van der Waals surface area contributed by atoms with Gasteiger partial charge in [-0.1, -0.05) is 77.5 Å². The Hall–Kier alpha value is -2.80. The van der Waals surface area contributed by atoms with E-state index in [9.17, 15) is 4.79 Å². The van der Waals surface area contributed by atoms with Gasteiger partial charge in [0, 0.05) is 23.0 Å². The third kappa shape index (κ3) is 5.42. The number of aromatic nitrogens is 2. The van der Waals surface area contributed by atoms with Crippen molar-refractivity contribution in [2.75, 3.05) is 6.54 Å². The number of nitrogens with one attached hydrogen (secondary N) is 2. The Morgan fingerprint density at radius 3 is 2.49 bits per heavy atom. The van der Waals surface area contributed by atoms with Crippen LogP contribution in [0.3, 0.4) is 0 Å². The third-order valence-electron chi connectivity index (χ3n) is 7.36. The molecule has 2 atom stereocenters. The molecule has 1 saturated heterocycles. The summed E-state index contributed by atoms with van der Waals surface area (Å²) in [5, 5.41) is 8.38. The van der Waals surface area contributed by atoms with Crippen LogP contribution in [0.1, 0.15) is 49.7 Å². The molecule has 192 valence electrons. The van der Waals surface area contributed by atoms with Crippen molar-refractivity contribution in [2.24, 2.45) is 5.92 Å². The molecule has 1 aliphatic heterocycles. The van der Waals surface area contributed by atoms with Gasteiger partial charge >= 0.3 is 0 Å². The van der Waals surface area contributed by atoms with Crippen molar-refractivity contribution in [1.82, 2.24) is 20.2 Å². The lowest BCUT2D eigenvalue weighted by molar-refractivity contribution is 0.241. The second-order valence-corrected chi connectivity index (χ2v) is 12.0. The summed E-state index contributed by atoms with van der Waals surface area (Å²) in [5.41, 5.74) is 3.91. The molecule has 1 aromatic heterocycles. The molecule has 0 amide bonds. The van der Waals surface area contributed by atoms with Crippen LogP contribution < -0.4 is 16.2 Å². The predicted molar refractivity (Wildman–Crippen MR) is 155 cm³/mol. The molecule has 0 saturated carbocycles. The first-order valence-corrected chi connectivity index (χ1v) is 13.8. The molecule has 4 aromatic rings. The lowest BCUT2D eigenvalue weighted by Crippen LogP contribution is -2.50. The van der Waals surface area contributed by atoms with Crippen LogP contribution in [0.4, 0.5) is 0 Å². The smallest absolute Gasteiger partial charge is 0.261 e. The van der Waals surface area contributed by atoms with Crippen molar-refractivity contribution in [2.45, 2.75) is 58.3 Å². The van der Waals surface area contributed by atoms with Gasteiger partial charge in [-0.3, -0.25) is 20.0 Å². The van der Waals surface area contributed by atoms with Gasteiger partial charge in [-0.25, -0.2) is 4.98 Å². The van der Waals surface area contributed by atoms with Crippen molar-refractivity contribution >= 4 is 26.8 Å². The van der Waals surface area contributed by atoms with Crippen LogP contribution in [0.5, 0.6) is 0 Å². The topological polar surface area (TPSA) is 59.0 Å². The van der Waals surface area contributed by atoms with Gasteiger partial charge in [-0.2, -0.15) is 0 Å². The fraction of sp³-hybridized carbons (Fsp3) is 0.355. The van der Waals surface area contributed by atoms with Gasteiger partial charge in [0.25, 0.3) is 5.56 Å². The second kappa shape index (κ2) is 10.2. The Morgan fingerprint density at radius 1 is 1.05 bits per heavy atom. The fourth-order valence-electron chi connectivity index (χ4n) is 5.52. The van der Waals surface area contributed by atoms with Crippen LogP contribution in [-0.4, -0.2) is 21.6 Å². The molecule has 2 heterocycles. The van der Waals surface area contributed by atoms with E-state index < -0.39 is 0 Å². The van der Waals surface area contributed by atoms with Crippen LogP contribution in [0.15, 0.2) is 82.1 Å². The number of para-hydroxylation sites is 1. The van der Waals surface area contributed by atoms with Gasteiger partial charge in [0.2, 0.25) is 0 Å². The van der Waals surface area contributed by atoms with Crippen LogP contribution in [-0.2, 0) is 18.6 Å². The molecule has 3 aromatic carbocycles. The number of fused-ring (bicyclic) bond motifs is 1. The van der Waals surface area contributed by atoms with Gasteiger partial charge in [0.1, 0.15) is 5.82 Å². The van der Waals surface area contributed by atoms with Gasteiger partial charge in [0.05, 0.1) is 23.1 Å². The fourth-order valence-corrected chi connectivity index (χ4v) is 5.90. The molecule has 1 fully saturated rings. The summed E-state index contributed by atoms with van der Waals surface area (Å²) in [6.07, 6.45) is 1.56. The number of halogens is 1. The van der Waals surface area contributed by atoms with E-state index in [4.69, 9.17) is 4.98 Å². The lowest BCUT2D eigenvalue weighted by Gasteiger charge is -2.35. The monoisotopic (exact) mass is 558 g/mol. The SMILES string of the molecule is Cc1ccc(C2(CC(C)Cc3nc4ccccc4c(=O)n3Cc3ccccc3)NCC(C)(C)N2)cc1Br. The van der Waals surface area contributed by atoms with Crippen molar-refractivity contribution in [3.8, 4) is 0 Å². The van der Waals surface area contributed by atoms with Crippen molar-refractivity contribution in [3.05, 3.63) is 110 Å². The molecule has 2 N–H and O–H groups in total. The molecule has 6 heteroatoms. The average molecular weight is 560 g/mol. The minimum atomic E-state index is -0.361. The minimum absolute atomic E-state index is 0.0204. The number of nitrogens with zero attached hydrogens (tertiary/aromatic N) is 2. The summed E-state index contributed by atoms with van der Waals surface area (Å²) in [7, 11) is 0. The van der Waals surface area contributed by atoms with E-state index in [-0.39, 0.29) is 22.7 Å². The molecule has 5 rings (SSSR count). The third-order valence-corrected chi connectivity index (χ3v) is 8.21. The predicted octanol–water partition coefficient (Wildman–Crippen LogP) is 5.91. The maximum atomic E-state index is 13.6. The van der Waals surface area contributed by atoms with E-state index in [1.54, 1.807) is 0 Å². The van der Waals surface area contributed by atoms with Crippen molar-refractivity contribution in [1.29, 1.82) is 0 Å². The molecule has 1 aliphatic rings. The van der Waals surface area contributed by atoms with E-state index in [2.05, 4.69) is 84.6 Å². The highest BCUT2D eigenvalue weighted by Crippen LogP contribution is 2.35. The number of hydrogen-bond donors (Lipinski definition) is 2. The van der Waals surface area contributed by atoms with Crippen LogP contribution in [0.2, 0.25) is 0 Å². The Balaban J connectivity index is 1.50. The summed E-state index contributed by atoms with van der Waals surface area (Å²) in [6, 6.07) is 24.4. The molecule has 0 bridgehead atoms. The Kier molecular flexibility index (Phi) is 7.10. The van der Waals surface area contributed by atoms with E-state index in [0.29, 0.717) is 18.4 Å². The average Bonchev–Trinajstić information content (AvgIpc) is 3.18. The molecule has 37 heavy (non-hydrogen) atoms. The second-order valence-electron chi connectivity index (χ2n) is 11.2. The zero-order valence-corrected chi connectivity index (χ0v) is 23.6. The van der Waals surface area contributed by atoms with Gasteiger partial charge in [-0.05, 0) is 68.0 Å². The van der Waals surface area contributed by atoms with Gasteiger partial charge in [-0.15, -0.1) is 0 Å². The van der Waals surface area contributed by atoms with Gasteiger partial charge in [0.15, 0.2) is 0 Å². The normalized spacial score (nSPS) is 19.8. The molecule has 0 aliphatic carbocycles. The molecule has 5 nitrogen and oxygen atoms in total. The summed E-state index contributed by atoms with van der Waals surface area (Å²) in [4.78, 5) is 18.6. The number of hydrogen-bond acceptors (Lipinski definition) is 4. The van der Waals surface area contributed by atoms with E-state index >= 15 is 0 Å². The first-order chi connectivity index (χ1) is 17.7. The van der Waals surface area contributed by atoms with Crippen molar-refractivity contribution < 1.29 is 0 Å². The highest BCUT2D eigenvalue weighted by atomic mass is 79.9. The maximum absolute atomic E-state index is 13.6. The molecular formula is C31H35BrN4O. The van der Waals surface area contributed by atoms with Crippen LogP contribution in [0.25, 0.3) is 10.9 Å². The summed E-state index contributed by atoms with van der Waals surface area (Å²) >= 11 is 3.73. The number of benzene rings is 3. The molecular weight excluding hydrogens is 524 g/mol. The van der Waals surface area contributed by atoms with Crippen molar-refractivity contribution in [3.63, 3.8) is 0 Å². The van der Waals surface area contributed by atoms with Crippen LogP contribution in [0, 0.1) is 12.8 Å². The minimum Gasteiger partial charge on any atom is -0.294 e. The van der Waals surface area contributed by atoms with E-state index in [1.807, 2.05) is 47.0 Å². The highest BCUT2D eigenvalue weighted by molar-refractivity contribution is 9.10. The zero-order valence-electron chi connectivity index (χ0n) is 22.0. The molecule has 0 spiro atoms. The maximum Gasteiger partial charge on any atom is 0.261 e. The lowest BCUT2D eigenvalue weighted by atomic mass is 9.87. The number of rotatable bonds is 7.